The van der Waals surface area contributed by atoms with Crippen molar-refractivity contribution < 1.29 is 5.11 Å². The molecule has 0 aliphatic heterocycles. The lowest BCUT2D eigenvalue weighted by molar-refractivity contribution is 0.226. The molecule has 2 unspecified atom stereocenters. The van der Waals surface area contributed by atoms with E-state index in [1.807, 2.05) is 13.8 Å². The van der Waals surface area contributed by atoms with Gasteiger partial charge in [0.15, 0.2) is 0 Å². The first-order valence-electron chi connectivity index (χ1n) is 7.50. The minimum absolute atomic E-state index is 0.146. The van der Waals surface area contributed by atoms with Crippen LogP contribution in [0.4, 0.5) is 11.8 Å². The molecule has 0 bridgehead atoms. The molecule has 5 nitrogen and oxygen atoms in total. The molecule has 0 amide bonds. The normalized spacial score (nSPS) is 14.1. The van der Waals surface area contributed by atoms with Crippen molar-refractivity contribution >= 4 is 33.3 Å². The number of aromatic nitrogens is 2. The number of rotatable bonds is 7. The monoisotopic (exact) mass is 308 g/mol. The third kappa shape index (κ3) is 3.63. The number of hydrogen-bond donors (Lipinski definition) is 3. The van der Waals surface area contributed by atoms with Gasteiger partial charge in [0.2, 0.25) is 5.95 Å². The van der Waals surface area contributed by atoms with E-state index in [0.717, 1.165) is 29.0 Å². The van der Waals surface area contributed by atoms with Gasteiger partial charge in [-0.1, -0.05) is 13.8 Å². The Labute approximate surface area is 129 Å². The van der Waals surface area contributed by atoms with E-state index in [2.05, 4.69) is 40.5 Å². The van der Waals surface area contributed by atoms with Gasteiger partial charge in [-0.05, 0) is 32.3 Å². The molecule has 0 fully saturated rings. The fraction of sp³-hybridized carbons (Fsp3) is 0.600. The summed E-state index contributed by atoms with van der Waals surface area (Å²) in [4.78, 5) is 11.5. The minimum Gasteiger partial charge on any atom is -0.396 e. The van der Waals surface area contributed by atoms with Crippen molar-refractivity contribution in [3.63, 3.8) is 0 Å². The van der Waals surface area contributed by atoms with Gasteiger partial charge in [0.25, 0.3) is 0 Å². The van der Waals surface area contributed by atoms with Gasteiger partial charge in [0, 0.05) is 24.1 Å². The lowest BCUT2D eigenvalue weighted by Crippen LogP contribution is -2.27. The Balaban J connectivity index is 2.40. The number of hydrogen-bond acceptors (Lipinski definition) is 6. The fourth-order valence-electron chi connectivity index (χ4n) is 2.01. The van der Waals surface area contributed by atoms with Gasteiger partial charge in [0.05, 0.1) is 5.39 Å². The number of fused-ring (bicyclic) bond motifs is 1. The molecule has 2 heterocycles. The maximum Gasteiger partial charge on any atom is 0.226 e. The first-order valence-corrected chi connectivity index (χ1v) is 8.32. The molecule has 2 aromatic rings. The van der Waals surface area contributed by atoms with Crippen molar-refractivity contribution in [1.82, 2.24) is 9.97 Å². The van der Waals surface area contributed by atoms with Crippen molar-refractivity contribution in [2.45, 2.75) is 40.2 Å². The highest BCUT2D eigenvalue weighted by Gasteiger charge is 2.16. The molecule has 0 aromatic carbocycles. The summed E-state index contributed by atoms with van der Waals surface area (Å²) in [5, 5.41) is 17.0. The van der Waals surface area contributed by atoms with Crippen LogP contribution in [0.2, 0.25) is 0 Å². The van der Waals surface area contributed by atoms with Crippen LogP contribution in [-0.4, -0.2) is 34.3 Å². The molecule has 2 aromatic heterocycles. The van der Waals surface area contributed by atoms with Crippen molar-refractivity contribution in [3.8, 4) is 0 Å². The molecule has 0 saturated carbocycles. The fourth-order valence-corrected chi connectivity index (χ4v) is 2.98. The first-order chi connectivity index (χ1) is 10.1. The number of thiophene rings is 1. The summed E-state index contributed by atoms with van der Waals surface area (Å²) in [6.07, 6.45) is 1.000. The van der Waals surface area contributed by atoms with Crippen molar-refractivity contribution in [3.05, 3.63) is 10.9 Å². The zero-order chi connectivity index (χ0) is 15.4. The molecule has 116 valence electrons. The quantitative estimate of drug-likeness (QED) is 0.733. The van der Waals surface area contributed by atoms with Crippen molar-refractivity contribution in [2.24, 2.45) is 5.92 Å². The average molecular weight is 308 g/mol. The highest BCUT2D eigenvalue weighted by molar-refractivity contribution is 7.18. The lowest BCUT2D eigenvalue weighted by atomic mass is 10.1. The third-order valence-corrected chi connectivity index (χ3v) is 4.81. The second kappa shape index (κ2) is 7.04. The van der Waals surface area contributed by atoms with E-state index in [0.29, 0.717) is 5.95 Å². The second-order valence-electron chi connectivity index (χ2n) is 5.30. The predicted molar refractivity (Wildman–Crippen MR) is 90.3 cm³/mol. The molecule has 3 N–H and O–H groups in total. The Morgan fingerprint density at radius 3 is 2.67 bits per heavy atom. The SMILES string of the molecule is CCNc1nc(NC(C)C(C)CO)c2cc(CC)sc2n1. The van der Waals surface area contributed by atoms with E-state index >= 15 is 0 Å². The number of nitrogens with zero attached hydrogens (tertiary/aromatic N) is 2. The summed E-state index contributed by atoms with van der Waals surface area (Å²) in [7, 11) is 0. The molecule has 2 atom stereocenters. The molecule has 0 aliphatic rings. The second-order valence-corrected chi connectivity index (χ2v) is 6.42. The minimum atomic E-state index is 0.146. The van der Waals surface area contributed by atoms with Crippen LogP contribution >= 0.6 is 11.3 Å². The topological polar surface area (TPSA) is 70.1 Å². The zero-order valence-corrected chi connectivity index (χ0v) is 13.9. The van der Waals surface area contributed by atoms with Crippen LogP contribution < -0.4 is 10.6 Å². The van der Waals surface area contributed by atoms with E-state index in [1.54, 1.807) is 11.3 Å². The summed E-state index contributed by atoms with van der Waals surface area (Å²) >= 11 is 1.71. The Morgan fingerprint density at radius 1 is 1.29 bits per heavy atom. The van der Waals surface area contributed by atoms with Crippen LogP contribution in [0.3, 0.4) is 0 Å². The van der Waals surface area contributed by atoms with E-state index in [9.17, 15) is 5.11 Å². The number of anilines is 2. The van der Waals surface area contributed by atoms with E-state index in [-0.39, 0.29) is 18.6 Å². The van der Waals surface area contributed by atoms with Crippen LogP contribution in [0.15, 0.2) is 6.07 Å². The Kier molecular flexibility index (Phi) is 5.36. The highest BCUT2D eigenvalue weighted by atomic mass is 32.1. The van der Waals surface area contributed by atoms with Gasteiger partial charge in [-0.3, -0.25) is 0 Å². The first kappa shape index (κ1) is 16.0. The Bertz CT molecular complexity index is 599. The molecular weight excluding hydrogens is 284 g/mol. The summed E-state index contributed by atoms with van der Waals surface area (Å²) < 4.78 is 0. The van der Waals surface area contributed by atoms with Crippen LogP contribution in [-0.2, 0) is 6.42 Å². The molecule has 0 aliphatic carbocycles. The average Bonchev–Trinajstić information content (AvgIpc) is 2.90. The molecule has 0 radical (unpaired) electrons. The van der Waals surface area contributed by atoms with Crippen LogP contribution in [0.5, 0.6) is 0 Å². The number of aliphatic hydroxyl groups is 1. The zero-order valence-electron chi connectivity index (χ0n) is 13.1. The molecule has 0 spiro atoms. The van der Waals surface area contributed by atoms with Gasteiger partial charge in [-0.25, -0.2) is 4.98 Å². The molecule has 2 rings (SSSR count). The number of aliphatic hydroxyl groups excluding tert-OH is 1. The number of aryl methyl sites for hydroxylation is 1. The lowest BCUT2D eigenvalue weighted by Gasteiger charge is -2.20. The van der Waals surface area contributed by atoms with Gasteiger partial charge in [0.1, 0.15) is 10.6 Å². The third-order valence-electron chi connectivity index (χ3n) is 3.63. The van der Waals surface area contributed by atoms with Crippen molar-refractivity contribution in [1.29, 1.82) is 0 Å². The van der Waals surface area contributed by atoms with E-state index in [1.165, 1.54) is 4.88 Å². The van der Waals surface area contributed by atoms with E-state index < -0.39 is 0 Å². The van der Waals surface area contributed by atoms with Gasteiger partial charge in [-0.15, -0.1) is 11.3 Å². The van der Waals surface area contributed by atoms with Gasteiger partial charge < -0.3 is 15.7 Å². The summed E-state index contributed by atoms with van der Waals surface area (Å²) in [5.41, 5.74) is 0. The maximum atomic E-state index is 9.29. The Hall–Kier alpha value is -1.40. The van der Waals surface area contributed by atoms with Gasteiger partial charge in [-0.2, -0.15) is 4.98 Å². The van der Waals surface area contributed by atoms with Gasteiger partial charge >= 0.3 is 0 Å². The molecular formula is C15H24N4OS. The molecule has 0 saturated heterocycles. The molecule has 21 heavy (non-hydrogen) atoms. The summed E-state index contributed by atoms with van der Waals surface area (Å²) in [6, 6.07) is 2.31. The summed E-state index contributed by atoms with van der Waals surface area (Å²) in [6.45, 7) is 9.21. The van der Waals surface area contributed by atoms with Crippen LogP contribution in [0.1, 0.15) is 32.6 Å². The maximum absolute atomic E-state index is 9.29. The standard InChI is InChI=1S/C15H24N4OS/c1-5-11-7-12-13(17-10(4)9(3)8-20)18-15(16-6-2)19-14(12)21-11/h7,9-10,20H,5-6,8H2,1-4H3,(H2,16,17,18,19). The highest BCUT2D eigenvalue weighted by Crippen LogP contribution is 2.31. The predicted octanol–water partition coefficient (Wildman–Crippen LogP) is 3.11. The van der Waals surface area contributed by atoms with E-state index in [4.69, 9.17) is 0 Å². The van der Waals surface area contributed by atoms with Crippen molar-refractivity contribution in [2.75, 3.05) is 23.8 Å². The molecule has 6 heteroatoms. The largest absolute Gasteiger partial charge is 0.396 e. The van der Waals surface area contributed by atoms with Crippen LogP contribution in [0.25, 0.3) is 10.2 Å². The summed E-state index contributed by atoms with van der Waals surface area (Å²) in [5.74, 6) is 1.67. The number of nitrogens with one attached hydrogen (secondary N) is 2. The van der Waals surface area contributed by atoms with Crippen LogP contribution in [0, 0.1) is 5.92 Å². The smallest absolute Gasteiger partial charge is 0.226 e. The Morgan fingerprint density at radius 2 is 2.05 bits per heavy atom.